The lowest BCUT2D eigenvalue weighted by Gasteiger charge is -2.11. The van der Waals surface area contributed by atoms with Gasteiger partial charge in [-0.05, 0) is 30.3 Å². The second kappa shape index (κ2) is 6.94. The standard InChI is InChI=1S/C15H10Cl3NO2/c16-8-14(20)19-13-6-5-9(17)7-11(13)15(21)10-3-1-2-4-12(10)18/h1-7H,8H2,(H,19,20). The molecule has 0 radical (unpaired) electrons. The molecule has 2 aromatic carbocycles. The number of hydrogen-bond donors (Lipinski definition) is 1. The number of rotatable bonds is 4. The number of carbonyl (C=O) groups is 2. The van der Waals surface area contributed by atoms with Crippen LogP contribution in [-0.2, 0) is 4.79 Å². The minimum atomic E-state index is -0.410. The van der Waals surface area contributed by atoms with E-state index >= 15 is 0 Å². The summed E-state index contributed by atoms with van der Waals surface area (Å²) in [5.74, 6) is -0.942. The van der Waals surface area contributed by atoms with Crippen molar-refractivity contribution in [2.75, 3.05) is 11.2 Å². The maximum absolute atomic E-state index is 12.6. The first kappa shape index (κ1) is 15.8. The third-order valence-electron chi connectivity index (χ3n) is 2.74. The van der Waals surface area contributed by atoms with Gasteiger partial charge in [0.25, 0.3) is 0 Å². The first-order chi connectivity index (χ1) is 10.0. The average molecular weight is 343 g/mol. The average Bonchev–Trinajstić information content (AvgIpc) is 2.48. The smallest absolute Gasteiger partial charge is 0.239 e. The summed E-state index contributed by atoms with van der Waals surface area (Å²) in [5, 5.41) is 3.28. The highest BCUT2D eigenvalue weighted by atomic mass is 35.5. The molecule has 0 bridgehead atoms. The Morgan fingerprint density at radius 2 is 1.71 bits per heavy atom. The van der Waals surface area contributed by atoms with Crippen molar-refractivity contribution in [3.8, 4) is 0 Å². The number of hydrogen-bond acceptors (Lipinski definition) is 2. The van der Waals surface area contributed by atoms with Crippen LogP contribution in [-0.4, -0.2) is 17.6 Å². The van der Waals surface area contributed by atoms with E-state index in [0.717, 1.165) is 0 Å². The molecule has 0 spiro atoms. The SMILES string of the molecule is O=C(CCl)Nc1ccc(Cl)cc1C(=O)c1ccccc1Cl. The Hall–Kier alpha value is -1.55. The second-order valence-electron chi connectivity index (χ2n) is 4.18. The van der Waals surface area contributed by atoms with Crippen LogP contribution in [0.5, 0.6) is 0 Å². The van der Waals surface area contributed by atoms with Crippen LogP contribution in [0.15, 0.2) is 42.5 Å². The maximum Gasteiger partial charge on any atom is 0.239 e. The van der Waals surface area contributed by atoms with E-state index in [1.807, 2.05) is 0 Å². The van der Waals surface area contributed by atoms with Crippen LogP contribution in [0.3, 0.4) is 0 Å². The molecule has 0 fully saturated rings. The zero-order chi connectivity index (χ0) is 15.4. The van der Waals surface area contributed by atoms with Gasteiger partial charge in [0.2, 0.25) is 5.91 Å². The fourth-order valence-corrected chi connectivity index (χ4v) is 2.25. The molecule has 0 aliphatic heterocycles. The van der Waals surface area contributed by atoms with Crippen molar-refractivity contribution in [3.63, 3.8) is 0 Å². The van der Waals surface area contributed by atoms with Gasteiger partial charge in [-0.2, -0.15) is 0 Å². The Kier molecular flexibility index (Phi) is 5.23. The number of benzene rings is 2. The molecule has 0 aliphatic carbocycles. The van der Waals surface area contributed by atoms with E-state index in [4.69, 9.17) is 34.8 Å². The number of anilines is 1. The summed E-state index contributed by atoms with van der Waals surface area (Å²) in [7, 11) is 0. The van der Waals surface area contributed by atoms with E-state index in [9.17, 15) is 9.59 Å². The van der Waals surface area contributed by atoms with Crippen LogP contribution in [0.1, 0.15) is 15.9 Å². The zero-order valence-electron chi connectivity index (χ0n) is 10.7. The Morgan fingerprint density at radius 1 is 1.00 bits per heavy atom. The predicted octanol–water partition coefficient (Wildman–Crippen LogP) is 4.40. The molecular formula is C15H10Cl3NO2. The van der Waals surface area contributed by atoms with Crippen LogP contribution in [0.2, 0.25) is 10.0 Å². The normalized spacial score (nSPS) is 10.2. The van der Waals surface area contributed by atoms with Gasteiger partial charge in [-0.15, -0.1) is 11.6 Å². The van der Waals surface area contributed by atoms with E-state index in [1.54, 1.807) is 36.4 Å². The summed E-state index contributed by atoms with van der Waals surface area (Å²) in [6, 6.07) is 11.3. The molecule has 21 heavy (non-hydrogen) atoms. The molecule has 6 heteroatoms. The highest BCUT2D eigenvalue weighted by Gasteiger charge is 2.17. The number of alkyl halides is 1. The van der Waals surface area contributed by atoms with Crippen LogP contribution >= 0.6 is 34.8 Å². The van der Waals surface area contributed by atoms with E-state index in [0.29, 0.717) is 21.3 Å². The Morgan fingerprint density at radius 3 is 2.38 bits per heavy atom. The summed E-state index contributed by atoms with van der Waals surface area (Å²) in [5.41, 5.74) is 0.937. The van der Waals surface area contributed by atoms with Gasteiger partial charge in [0.1, 0.15) is 5.88 Å². The lowest BCUT2D eigenvalue weighted by molar-refractivity contribution is -0.113. The molecular weight excluding hydrogens is 333 g/mol. The van der Waals surface area contributed by atoms with Crippen LogP contribution in [0, 0.1) is 0 Å². The fourth-order valence-electron chi connectivity index (χ4n) is 1.79. The lowest BCUT2D eigenvalue weighted by Crippen LogP contribution is -2.16. The lowest BCUT2D eigenvalue weighted by atomic mass is 10.0. The molecule has 2 aromatic rings. The molecule has 2 rings (SSSR count). The van der Waals surface area contributed by atoms with Crippen molar-refractivity contribution in [2.45, 2.75) is 0 Å². The molecule has 0 aliphatic rings. The molecule has 0 saturated carbocycles. The minimum Gasteiger partial charge on any atom is -0.324 e. The van der Waals surface area contributed by atoms with E-state index in [-0.39, 0.29) is 17.2 Å². The van der Waals surface area contributed by atoms with Crippen molar-refractivity contribution in [1.82, 2.24) is 0 Å². The third kappa shape index (κ3) is 3.76. The Labute approximate surface area is 136 Å². The first-order valence-electron chi connectivity index (χ1n) is 5.97. The summed E-state index contributed by atoms with van der Waals surface area (Å²) in [6.45, 7) is 0. The number of amides is 1. The molecule has 0 heterocycles. The topological polar surface area (TPSA) is 46.2 Å². The number of carbonyl (C=O) groups excluding carboxylic acids is 2. The predicted molar refractivity (Wildman–Crippen MR) is 85.7 cm³/mol. The molecule has 0 unspecified atom stereocenters. The van der Waals surface area contributed by atoms with Crippen molar-refractivity contribution in [2.24, 2.45) is 0 Å². The zero-order valence-corrected chi connectivity index (χ0v) is 13.0. The molecule has 3 nitrogen and oxygen atoms in total. The van der Waals surface area contributed by atoms with E-state index < -0.39 is 5.91 Å². The van der Waals surface area contributed by atoms with Crippen molar-refractivity contribution < 1.29 is 9.59 Å². The minimum absolute atomic E-state index is 0.206. The molecule has 0 atom stereocenters. The quantitative estimate of drug-likeness (QED) is 0.661. The Balaban J connectivity index is 2.47. The number of halogens is 3. The molecule has 0 aromatic heterocycles. The van der Waals surface area contributed by atoms with E-state index in [2.05, 4.69) is 5.32 Å². The molecule has 1 N–H and O–H groups in total. The summed E-state index contributed by atoms with van der Waals surface area (Å²) >= 11 is 17.4. The van der Waals surface area contributed by atoms with Gasteiger partial charge in [-0.25, -0.2) is 0 Å². The third-order valence-corrected chi connectivity index (χ3v) is 3.55. The fraction of sp³-hybridized carbons (Fsp3) is 0.0667. The van der Waals surface area contributed by atoms with Gasteiger partial charge in [-0.3, -0.25) is 9.59 Å². The van der Waals surface area contributed by atoms with Gasteiger partial charge in [0.15, 0.2) is 5.78 Å². The largest absolute Gasteiger partial charge is 0.324 e. The molecule has 1 amide bonds. The van der Waals surface area contributed by atoms with Gasteiger partial charge in [-0.1, -0.05) is 35.3 Å². The highest BCUT2D eigenvalue weighted by Crippen LogP contribution is 2.26. The van der Waals surface area contributed by atoms with Gasteiger partial charge >= 0.3 is 0 Å². The van der Waals surface area contributed by atoms with Crippen molar-refractivity contribution in [3.05, 3.63) is 63.6 Å². The van der Waals surface area contributed by atoms with Gasteiger partial charge in [0, 0.05) is 16.1 Å². The van der Waals surface area contributed by atoms with Crippen molar-refractivity contribution in [1.29, 1.82) is 0 Å². The Bertz CT molecular complexity index is 701. The van der Waals surface area contributed by atoms with Gasteiger partial charge < -0.3 is 5.32 Å². The summed E-state index contributed by atoms with van der Waals surface area (Å²) in [4.78, 5) is 24.0. The second-order valence-corrected chi connectivity index (χ2v) is 5.29. The summed E-state index contributed by atoms with van der Waals surface area (Å²) in [6.07, 6.45) is 0. The van der Waals surface area contributed by atoms with Crippen LogP contribution < -0.4 is 5.32 Å². The molecule has 0 saturated heterocycles. The summed E-state index contributed by atoms with van der Waals surface area (Å²) < 4.78 is 0. The van der Waals surface area contributed by atoms with Crippen molar-refractivity contribution >= 4 is 52.2 Å². The highest BCUT2D eigenvalue weighted by molar-refractivity contribution is 6.36. The maximum atomic E-state index is 12.6. The molecule has 108 valence electrons. The monoisotopic (exact) mass is 341 g/mol. The van der Waals surface area contributed by atoms with Crippen LogP contribution in [0.4, 0.5) is 5.69 Å². The van der Waals surface area contributed by atoms with Gasteiger partial charge in [0.05, 0.1) is 10.7 Å². The van der Waals surface area contributed by atoms with E-state index in [1.165, 1.54) is 6.07 Å². The number of nitrogens with one attached hydrogen (secondary N) is 1. The number of ketones is 1. The van der Waals surface area contributed by atoms with Crippen LogP contribution in [0.25, 0.3) is 0 Å². The first-order valence-corrected chi connectivity index (χ1v) is 7.26.